The second-order valence-corrected chi connectivity index (χ2v) is 5.35. The van der Waals surface area contributed by atoms with Crippen molar-refractivity contribution in [3.05, 3.63) is 17.0 Å². The lowest BCUT2D eigenvalue weighted by molar-refractivity contribution is 0.243. The summed E-state index contributed by atoms with van der Waals surface area (Å²) in [4.78, 5) is 0. The zero-order chi connectivity index (χ0) is 12.4. The molecule has 0 aromatic carbocycles. The number of aliphatic hydroxyl groups is 1. The molecule has 1 saturated carbocycles. The van der Waals surface area contributed by atoms with E-state index in [1.807, 2.05) is 6.92 Å². The fourth-order valence-corrected chi connectivity index (χ4v) is 3.14. The van der Waals surface area contributed by atoms with Crippen molar-refractivity contribution < 1.29 is 5.11 Å². The zero-order valence-electron chi connectivity index (χ0n) is 11.2. The van der Waals surface area contributed by atoms with E-state index in [2.05, 4.69) is 23.6 Å². The maximum absolute atomic E-state index is 9.36. The molecule has 1 heterocycles. The fraction of sp³-hybridized carbons (Fsp3) is 0.786. The van der Waals surface area contributed by atoms with Crippen LogP contribution in [-0.2, 0) is 6.61 Å². The van der Waals surface area contributed by atoms with Crippen LogP contribution in [0.1, 0.15) is 62.0 Å². The van der Waals surface area contributed by atoms with Crippen molar-refractivity contribution in [2.24, 2.45) is 5.92 Å². The van der Waals surface area contributed by atoms with Gasteiger partial charge in [0.2, 0.25) is 0 Å². The van der Waals surface area contributed by atoms with E-state index >= 15 is 0 Å². The molecule has 2 atom stereocenters. The van der Waals surface area contributed by atoms with Gasteiger partial charge in [0, 0.05) is 11.3 Å². The number of aryl methyl sites for hydroxylation is 1. The summed E-state index contributed by atoms with van der Waals surface area (Å²) < 4.78 is 2.17. The third-order valence-corrected chi connectivity index (χ3v) is 4.31. The van der Waals surface area contributed by atoms with Crippen LogP contribution in [-0.4, -0.2) is 14.9 Å². The summed E-state index contributed by atoms with van der Waals surface area (Å²) in [6.45, 7) is 6.48. The third kappa shape index (κ3) is 2.39. The third-order valence-electron chi connectivity index (χ3n) is 4.31. The summed E-state index contributed by atoms with van der Waals surface area (Å²) in [7, 11) is 0. The van der Waals surface area contributed by atoms with Crippen LogP contribution in [0.4, 0.5) is 0 Å². The first-order chi connectivity index (χ1) is 8.17. The van der Waals surface area contributed by atoms with Gasteiger partial charge in [-0.1, -0.05) is 26.2 Å². The summed E-state index contributed by atoms with van der Waals surface area (Å²) in [5.74, 6) is 0.857. The Kier molecular flexibility index (Phi) is 3.87. The molecule has 0 aliphatic heterocycles. The van der Waals surface area contributed by atoms with Gasteiger partial charge >= 0.3 is 0 Å². The number of aromatic nitrogens is 2. The van der Waals surface area contributed by atoms with Crippen molar-refractivity contribution in [1.29, 1.82) is 0 Å². The SMILES string of the molecule is CCC1CCCC(n2nc(C)c(CO)c2C)C1. The van der Waals surface area contributed by atoms with Gasteiger partial charge in [0.1, 0.15) is 0 Å². The largest absolute Gasteiger partial charge is 0.392 e. The fourth-order valence-electron chi connectivity index (χ4n) is 3.14. The summed E-state index contributed by atoms with van der Waals surface area (Å²) in [6, 6.07) is 0.549. The molecule has 3 nitrogen and oxygen atoms in total. The number of hydrogen-bond donors (Lipinski definition) is 1. The molecule has 2 rings (SSSR count). The number of aliphatic hydroxyl groups excluding tert-OH is 1. The second-order valence-electron chi connectivity index (χ2n) is 5.35. The predicted molar refractivity (Wildman–Crippen MR) is 68.9 cm³/mol. The molecule has 96 valence electrons. The summed E-state index contributed by atoms with van der Waals surface area (Å²) in [6.07, 6.45) is 6.46. The van der Waals surface area contributed by atoms with Gasteiger partial charge in [-0.3, -0.25) is 4.68 Å². The first-order valence-corrected chi connectivity index (χ1v) is 6.82. The highest BCUT2D eigenvalue weighted by Gasteiger charge is 2.25. The van der Waals surface area contributed by atoms with E-state index in [1.54, 1.807) is 0 Å². The first kappa shape index (κ1) is 12.6. The van der Waals surface area contributed by atoms with Gasteiger partial charge in [0.05, 0.1) is 18.3 Å². The Labute approximate surface area is 104 Å². The summed E-state index contributed by atoms with van der Waals surface area (Å²) in [5.41, 5.74) is 3.17. The average Bonchev–Trinajstić information content (AvgIpc) is 2.64. The molecule has 2 unspecified atom stereocenters. The van der Waals surface area contributed by atoms with Gasteiger partial charge in [-0.05, 0) is 32.6 Å². The van der Waals surface area contributed by atoms with Gasteiger partial charge in [0.15, 0.2) is 0 Å². The predicted octanol–water partition coefficient (Wildman–Crippen LogP) is 3.13. The van der Waals surface area contributed by atoms with Crippen LogP contribution < -0.4 is 0 Å². The van der Waals surface area contributed by atoms with Crippen molar-refractivity contribution in [1.82, 2.24) is 9.78 Å². The molecular formula is C14H24N2O. The monoisotopic (exact) mass is 236 g/mol. The van der Waals surface area contributed by atoms with E-state index in [9.17, 15) is 5.11 Å². The molecule has 1 aromatic rings. The van der Waals surface area contributed by atoms with Gasteiger partial charge < -0.3 is 5.11 Å². The smallest absolute Gasteiger partial charge is 0.0718 e. The van der Waals surface area contributed by atoms with Crippen LogP contribution in [0.3, 0.4) is 0 Å². The van der Waals surface area contributed by atoms with Gasteiger partial charge in [0.25, 0.3) is 0 Å². The Bertz CT molecular complexity index is 384. The van der Waals surface area contributed by atoms with Crippen LogP contribution in [0.25, 0.3) is 0 Å². The van der Waals surface area contributed by atoms with Gasteiger partial charge in [-0.25, -0.2) is 0 Å². The van der Waals surface area contributed by atoms with Crippen LogP contribution in [0.2, 0.25) is 0 Å². The summed E-state index contributed by atoms with van der Waals surface area (Å²) >= 11 is 0. The molecule has 1 aliphatic rings. The highest BCUT2D eigenvalue weighted by atomic mass is 16.3. The van der Waals surface area contributed by atoms with Crippen LogP contribution in [0, 0.1) is 19.8 Å². The van der Waals surface area contributed by atoms with E-state index in [4.69, 9.17) is 0 Å². The number of nitrogens with zero attached hydrogens (tertiary/aromatic N) is 2. The molecule has 1 aromatic heterocycles. The number of hydrogen-bond acceptors (Lipinski definition) is 2. The molecule has 0 amide bonds. The maximum Gasteiger partial charge on any atom is 0.0718 e. The molecule has 1 aliphatic carbocycles. The van der Waals surface area contributed by atoms with Crippen molar-refractivity contribution >= 4 is 0 Å². The van der Waals surface area contributed by atoms with E-state index in [0.717, 1.165) is 22.9 Å². The molecule has 0 saturated heterocycles. The second kappa shape index (κ2) is 5.21. The topological polar surface area (TPSA) is 38.0 Å². The lowest BCUT2D eigenvalue weighted by Gasteiger charge is -2.29. The molecule has 0 bridgehead atoms. The molecule has 0 radical (unpaired) electrons. The van der Waals surface area contributed by atoms with E-state index in [0.29, 0.717) is 6.04 Å². The molecular weight excluding hydrogens is 212 g/mol. The maximum atomic E-state index is 9.36. The van der Waals surface area contributed by atoms with Crippen molar-refractivity contribution in [3.8, 4) is 0 Å². The standard InChI is InChI=1S/C14H24N2O/c1-4-12-6-5-7-13(8-12)16-11(3)14(9-17)10(2)15-16/h12-13,17H,4-9H2,1-3H3. The Balaban J connectivity index is 2.22. The molecule has 17 heavy (non-hydrogen) atoms. The Morgan fingerprint density at radius 2 is 2.12 bits per heavy atom. The average molecular weight is 236 g/mol. The van der Waals surface area contributed by atoms with E-state index in [-0.39, 0.29) is 6.61 Å². The van der Waals surface area contributed by atoms with Crippen molar-refractivity contribution in [3.63, 3.8) is 0 Å². The number of rotatable bonds is 3. The minimum atomic E-state index is 0.113. The van der Waals surface area contributed by atoms with Crippen LogP contribution >= 0.6 is 0 Å². The Morgan fingerprint density at radius 1 is 1.35 bits per heavy atom. The van der Waals surface area contributed by atoms with Gasteiger partial charge in [-0.2, -0.15) is 5.10 Å². The minimum absolute atomic E-state index is 0.113. The van der Waals surface area contributed by atoms with E-state index in [1.165, 1.54) is 32.1 Å². The van der Waals surface area contributed by atoms with Crippen molar-refractivity contribution in [2.75, 3.05) is 0 Å². The lowest BCUT2D eigenvalue weighted by atomic mass is 9.84. The highest BCUT2D eigenvalue weighted by molar-refractivity contribution is 5.24. The highest BCUT2D eigenvalue weighted by Crippen LogP contribution is 2.35. The molecule has 0 spiro atoms. The van der Waals surface area contributed by atoms with Crippen LogP contribution in [0.15, 0.2) is 0 Å². The minimum Gasteiger partial charge on any atom is -0.392 e. The Hall–Kier alpha value is -0.830. The zero-order valence-corrected chi connectivity index (χ0v) is 11.2. The normalized spacial score (nSPS) is 25.2. The molecule has 3 heteroatoms. The quantitative estimate of drug-likeness (QED) is 0.875. The van der Waals surface area contributed by atoms with Gasteiger partial charge in [-0.15, -0.1) is 0 Å². The van der Waals surface area contributed by atoms with Crippen molar-refractivity contribution in [2.45, 2.75) is 65.5 Å². The summed E-state index contributed by atoms with van der Waals surface area (Å²) in [5, 5.41) is 14.0. The first-order valence-electron chi connectivity index (χ1n) is 6.82. The molecule has 1 N–H and O–H groups in total. The lowest BCUT2D eigenvalue weighted by Crippen LogP contribution is -2.20. The molecule has 1 fully saturated rings. The van der Waals surface area contributed by atoms with Crippen LogP contribution in [0.5, 0.6) is 0 Å². The van der Waals surface area contributed by atoms with E-state index < -0.39 is 0 Å². The Morgan fingerprint density at radius 3 is 2.71 bits per heavy atom.